The summed E-state index contributed by atoms with van der Waals surface area (Å²) in [5.74, 6) is 0.746. The highest BCUT2D eigenvalue weighted by atomic mass is 16.5. The third kappa shape index (κ3) is 2.84. The number of nitrogen functional groups attached to an aromatic ring is 1. The third-order valence-corrected chi connectivity index (χ3v) is 3.64. The number of hydrogen-bond acceptors (Lipinski definition) is 3. The highest BCUT2D eigenvalue weighted by Crippen LogP contribution is 2.49. The molecule has 0 bridgehead atoms. The lowest BCUT2D eigenvalue weighted by atomic mass is 10.0. The fraction of sp³-hybridized carbons (Fsp3) is 0.571. The largest absolute Gasteiger partial charge is 0.495 e. The summed E-state index contributed by atoms with van der Waals surface area (Å²) in [4.78, 5) is 0. The minimum Gasteiger partial charge on any atom is -0.495 e. The van der Waals surface area contributed by atoms with E-state index in [-0.39, 0.29) is 0 Å². The Morgan fingerprint density at radius 1 is 1.41 bits per heavy atom. The van der Waals surface area contributed by atoms with Crippen LogP contribution in [-0.2, 0) is 0 Å². The van der Waals surface area contributed by atoms with E-state index in [1.165, 1.54) is 25.7 Å². The molecule has 0 saturated heterocycles. The number of nitrogens with two attached hydrogens (primary N) is 1. The van der Waals surface area contributed by atoms with Crippen LogP contribution in [0, 0.1) is 5.41 Å². The van der Waals surface area contributed by atoms with Crippen molar-refractivity contribution >= 4 is 11.4 Å². The van der Waals surface area contributed by atoms with Gasteiger partial charge in [-0.1, -0.05) is 13.3 Å². The lowest BCUT2D eigenvalue weighted by Gasteiger charge is -2.16. The van der Waals surface area contributed by atoms with Crippen molar-refractivity contribution in [2.24, 2.45) is 5.41 Å². The van der Waals surface area contributed by atoms with E-state index in [4.69, 9.17) is 10.5 Å². The van der Waals surface area contributed by atoms with E-state index < -0.39 is 0 Å². The first-order chi connectivity index (χ1) is 8.19. The van der Waals surface area contributed by atoms with Gasteiger partial charge in [0.1, 0.15) is 5.75 Å². The Morgan fingerprint density at radius 3 is 2.76 bits per heavy atom. The summed E-state index contributed by atoms with van der Waals surface area (Å²) in [5.41, 5.74) is 8.13. The van der Waals surface area contributed by atoms with Gasteiger partial charge in [-0.2, -0.15) is 0 Å². The lowest BCUT2D eigenvalue weighted by molar-refractivity contribution is 0.417. The molecule has 1 aromatic carbocycles. The van der Waals surface area contributed by atoms with Gasteiger partial charge in [0, 0.05) is 18.3 Å². The number of anilines is 2. The maximum Gasteiger partial charge on any atom is 0.143 e. The second-order valence-corrected chi connectivity index (χ2v) is 5.06. The van der Waals surface area contributed by atoms with Gasteiger partial charge in [-0.3, -0.25) is 0 Å². The third-order valence-electron chi connectivity index (χ3n) is 3.64. The molecule has 1 aliphatic rings. The summed E-state index contributed by atoms with van der Waals surface area (Å²) in [6, 6.07) is 5.87. The molecule has 94 valence electrons. The molecule has 0 radical (unpaired) electrons. The van der Waals surface area contributed by atoms with E-state index in [1.807, 2.05) is 18.2 Å². The van der Waals surface area contributed by atoms with Gasteiger partial charge >= 0.3 is 0 Å². The molecule has 3 heteroatoms. The predicted molar refractivity (Wildman–Crippen MR) is 72.5 cm³/mol. The molecule has 0 spiro atoms. The van der Waals surface area contributed by atoms with Gasteiger partial charge < -0.3 is 15.8 Å². The van der Waals surface area contributed by atoms with Crippen LogP contribution in [0.2, 0.25) is 0 Å². The van der Waals surface area contributed by atoms with Gasteiger partial charge in [0.15, 0.2) is 0 Å². The number of benzene rings is 1. The molecule has 0 aliphatic heterocycles. The molecular formula is C14H22N2O. The number of nitrogens with one attached hydrogen (secondary N) is 1. The zero-order chi connectivity index (χ0) is 12.3. The molecular weight excluding hydrogens is 212 g/mol. The number of ether oxygens (including phenoxy) is 1. The van der Waals surface area contributed by atoms with Crippen LogP contribution in [0.4, 0.5) is 11.4 Å². The van der Waals surface area contributed by atoms with Gasteiger partial charge in [0.2, 0.25) is 0 Å². The maximum absolute atomic E-state index is 5.79. The molecule has 3 N–H and O–H groups in total. The normalized spacial score (nSPS) is 16.6. The van der Waals surface area contributed by atoms with Crippen LogP contribution in [0.3, 0.4) is 0 Å². The molecule has 1 saturated carbocycles. The molecule has 0 unspecified atom stereocenters. The van der Waals surface area contributed by atoms with Crippen molar-refractivity contribution in [3.8, 4) is 5.75 Å². The molecule has 3 nitrogen and oxygen atoms in total. The standard InChI is InChI=1S/C14H22N2O/c1-3-6-14(7-8-14)10-16-11-4-5-12(15)13(9-11)17-2/h4-5,9,16H,3,6-8,10,15H2,1-2H3. The molecule has 1 aromatic rings. The van der Waals surface area contributed by atoms with Crippen LogP contribution in [0.5, 0.6) is 5.75 Å². The molecule has 1 aliphatic carbocycles. The van der Waals surface area contributed by atoms with Crippen LogP contribution >= 0.6 is 0 Å². The Morgan fingerprint density at radius 2 is 2.18 bits per heavy atom. The molecule has 0 amide bonds. The van der Waals surface area contributed by atoms with Crippen LogP contribution in [0.25, 0.3) is 0 Å². The fourth-order valence-electron chi connectivity index (χ4n) is 2.33. The van der Waals surface area contributed by atoms with Gasteiger partial charge in [0.25, 0.3) is 0 Å². The van der Waals surface area contributed by atoms with Gasteiger partial charge in [-0.25, -0.2) is 0 Å². The van der Waals surface area contributed by atoms with Crippen LogP contribution < -0.4 is 15.8 Å². The zero-order valence-corrected chi connectivity index (χ0v) is 10.8. The topological polar surface area (TPSA) is 47.3 Å². The summed E-state index contributed by atoms with van der Waals surface area (Å²) in [6.45, 7) is 3.32. The van der Waals surface area contributed by atoms with Gasteiger partial charge in [0.05, 0.1) is 12.8 Å². The Kier molecular flexibility index (Phi) is 3.46. The number of methoxy groups -OCH3 is 1. The van der Waals surface area contributed by atoms with Crippen LogP contribution in [0.1, 0.15) is 32.6 Å². The Bertz CT molecular complexity index is 386. The van der Waals surface area contributed by atoms with Gasteiger partial charge in [-0.05, 0) is 36.8 Å². The monoisotopic (exact) mass is 234 g/mol. The first kappa shape index (κ1) is 12.1. The van der Waals surface area contributed by atoms with E-state index in [1.54, 1.807) is 7.11 Å². The van der Waals surface area contributed by atoms with Crippen molar-refractivity contribution in [3.63, 3.8) is 0 Å². The van der Waals surface area contributed by atoms with Crippen LogP contribution in [-0.4, -0.2) is 13.7 Å². The van der Waals surface area contributed by atoms with E-state index in [2.05, 4.69) is 12.2 Å². The van der Waals surface area contributed by atoms with E-state index >= 15 is 0 Å². The summed E-state index contributed by atoms with van der Waals surface area (Å²) >= 11 is 0. The lowest BCUT2D eigenvalue weighted by Crippen LogP contribution is -2.15. The summed E-state index contributed by atoms with van der Waals surface area (Å²) < 4.78 is 5.22. The minimum atomic E-state index is 0.559. The minimum absolute atomic E-state index is 0.559. The Hall–Kier alpha value is -1.38. The molecule has 0 heterocycles. The highest BCUT2D eigenvalue weighted by Gasteiger charge is 2.40. The molecule has 0 atom stereocenters. The predicted octanol–water partition coefficient (Wildman–Crippen LogP) is 3.27. The second kappa shape index (κ2) is 4.86. The molecule has 2 rings (SSSR count). The maximum atomic E-state index is 5.79. The Labute approximate surface area is 103 Å². The summed E-state index contributed by atoms with van der Waals surface area (Å²) in [6.07, 6.45) is 5.32. The van der Waals surface area contributed by atoms with Crippen molar-refractivity contribution in [1.29, 1.82) is 0 Å². The highest BCUT2D eigenvalue weighted by molar-refractivity contribution is 5.61. The fourth-order valence-corrected chi connectivity index (χ4v) is 2.33. The summed E-state index contributed by atoms with van der Waals surface area (Å²) in [5, 5.41) is 3.50. The SMILES string of the molecule is CCCC1(CNc2ccc(N)c(OC)c2)CC1. The quantitative estimate of drug-likeness (QED) is 0.743. The average Bonchev–Trinajstić information content (AvgIpc) is 3.09. The van der Waals surface area contributed by atoms with Crippen LogP contribution in [0.15, 0.2) is 18.2 Å². The van der Waals surface area contributed by atoms with E-state index in [9.17, 15) is 0 Å². The van der Waals surface area contributed by atoms with Crippen molar-refractivity contribution in [1.82, 2.24) is 0 Å². The smallest absolute Gasteiger partial charge is 0.143 e. The first-order valence-corrected chi connectivity index (χ1v) is 6.36. The first-order valence-electron chi connectivity index (χ1n) is 6.36. The van der Waals surface area contributed by atoms with Crippen molar-refractivity contribution < 1.29 is 4.74 Å². The molecule has 17 heavy (non-hydrogen) atoms. The van der Waals surface area contributed by atoms with E-state index in [0.717, 1.165) is 18.0 Å². The average molecular weight is 234 g/mol. The molecule has 0 aromatic heterocycles. The Balaban J connectivity index is 1.95. The van der Waals surface area contributed by atoms with E-state index in [0.29, 0.717) is 11.1 Å². The van der Waals surface area contributed by atoms with Crippen molar-refractivity contribution in [2.45, 2.75) is 32.6 Å². The van der Waals surface area contributed by atoms with Crippen molar-refractivity contribution in [2.75, 3.05) is 24.7 Å². The zero-order valence-electron chi connectivity index (χ0n) is 10.8. The molecule has 1 fully saturated rings. The van der Waals surface area contributed by atoms with Crippen molar-refractivity contribution in [3.05, 3.63) is 18.2 Å². The van der Waals surface area contributed by atoms with Gasteiger partial charge in [-0.15, -0.1) is 0 Å². The second-order valence-electron chi connectivity index (χ2n) is 5.06. The summed E-state index contributed by atoms with van der Waals surface area (Å²) in [7, 11) is 1.65. The number of hydrogen-bond donors (Lipinski definition) is 2. The number of rotatable bonds is 6.